The summed E-state index contributed by atoms with van der Waals surface area (Å²) in [6.07, 6.45) is 1.97. The molecule has 2 heterocycles. The van der Waals surface area contributed by atoms with E-state index in [4.69, 9.17) is 33.7 Å². The maximum Gasteiger partial charge on any atom is 0.203 e. The number of anilines is 2. The van der Waals surface area contributed by atoms with Gasteiger partial charge in [-0.2, -0.15) is 0 Å². The van der Waals surface area contributed by atoms with Gasteiger partial charge >= 0.3 is 0 Å². The molecule has 1 aliphatic heterocycles. The highest BCUT2D eigenvalue weighted by molar-refractivity contribution is 5.92. The van der Waals surface area contributed by atoms with E-state index in [-0.39, 0.29) is 0 Å². The van der Waals surface area contributed by atoms with E-state index < -0.39 is 0 Å². The first-order chi connectivity index (χ1) is 22.0. The molecule has 0 spiro atoms. The second-order valence-corrected chi connectivity index (χ2v) is 10.9. The summed E-state index contributed by atoms with van der Waals surface area (Å²) in [5, 5.41) is 4.46. The zero-order chi connectivity index (χ0) is 31.3. The van der Waals surface area contributed by atoms with Gasteiger partial charge in [-0.15, -0.1) is 0 Å². The highest BCUT2D eigenvalue weighted by atomic mass is 16.5. The molecule has 4 aromatic carbocycles. The number of rotatable bonds is 11. The number of ether oxygens (including phenoxy) is 5. The first-order valence-corrected chi connectivity index (χ1v) is 14.9. The molecule has 1 aliphatic rings. The summed E-state index contributed by atoms with van der Waals surface area (Å²) in [6.45, 7) is 2.91. The Morgan fingerprint density at radius 1 is 0.711 bits per heavy atom. The van der Waals surface area contributed by atoms with Gasteiger partial charge in [0, 0.05) is 36.3 Å². The van der Waals surface area contributed by atoms with Crippen LogP contribution in [0.25, 0.3) is 22.3 Å². The van der Waals surface area contributed by atoms with E-state index in [1.807, 2.05) is 36.4 Å². The van der Waals surface area contributed by atoms with E-state index in [0.717, 1.165) is 71.9 Å². The van der Waals surface area contributed by atoms with Crippen LogP contribution >= 0.6 is 0 Å². The van der Waals surface area contributed by atoms with Crippen molar-refractivity contribution in [3.8, 4) is 40.1 Å². The van der Waals surface area contributed by atoms with Crippen LogP contribution in [0.2, 0.25) is 0 Å². The summed E-state index contributed by atoms with van der Waals surface area (Å²) in [4.78, 5) is 12.3. The van der Waals surface area contributed by atoms with E-state index in [2.05, 4.69) is 46.6 Å². The van der Waals surface area contributed by atoms with Gasteiger partial charge in [0.1, 0.15) is 5.82 Å². The monoisotopic (exact) mass is 606 g/mol. The van der Waals surface area contributed by atoms with Crippen molar-refractivity contribution in [3.05, 3.63) is 89.5 Å². The fourth-order valence-electron chi connectivity index (χ4n) is 5.82. The maximum atomic E-state index is 5.57. The van der Waals surface area contributed by atoms with E-state index in [0.29, 0.717) is 23.1 Å². The third-order valence-electron chi connectivity index (χ3n) is 8.26. The summed E-state index contributed by atoms with van der Waals surface area (Å²) < 4.78 is 27.7. The molecule has 0 saturated heterocycles. The Balaban J connectivity index is 1.18. The Hall–Kier alpha value is -5.02. The van der Waals surface area contributed by atoms with Gasteiger partial charge in [-0.25, -0.2) is 9.97 Å². The fourth-order valence-corrected chi connectivity index (χ4v) is 5.82. The normalized spacial score (nSPS) is 12.8. The molecule has 1 aromatic heterocycles. The molecule has 45 heavy (non-hydrogen) atoms. The van der Waals surface area contributed by atoms with Crippen LogP contribution in [-0.2, 0) is 19.4 Å². The van der Waals surface area contributed by atoms with E-state index in [1.165, 1.54) is 16.7 Å². The largest absolute Gasteiger partial charge is 0.493 e. The first-order valence-electron chi connectivity index (χ1n) is 14.9. The zero-order valence-electron chi connectivity index (χ0n) is 26.3. The molecule has 0 radical (unpaired) electrons. The highest BCUT2D eigenvalue weighted by Crippen LogP contribution is 2.41. The van der Waals surface area contributed by atoms with Gasteiger partial charge in [0.15, 0.2) is 28.8 Å². The summed E-state index contributed by atoms with van der Waals surface area (Å²) in [7, 11) is 8.15. The minimum atomic E-state index is 0.522. The quantitative estimate of drug-likeness (QED) is 0.177. The lowest BCUT2D eigenvalue weighted by Gasteiger charge is -2.29. The maximum absolute atomic E-state index is 5.57. The Morgan fingerprint density at radius 2 is 1.38 bits per heavy atom. The van der Waals surface area contributed by atoms with E-state index in [9.17, 15) is 0 Å². The molecule has 6 rings (SSSR count). The van der Waals surface area contributed by atoms with Crippen molar-refractivity contribution < 1.29 is 23.7 Å². The van der Waals surface area contributed by atoms with Crippen molar-refractivity contribution in [2.24, 2.45) is 0 Å². The summed E-state index contributed by atoms with van der Waals surface area (Å²) in [6, 6.07) is 24.5. The average Bonchev–Trinajstić information content (AvgIpc) is 3.09. The molecule has 232 valence electrons. The molecule has 0 fully saturated rings. The van der Waals surface area contributed by atoms with E-state index in [1.54, 1.807) is 35.5 Å². The van der Waals surface area contributed by atoms with Crippen LogP contribution < -0.4 is 29.0 Å². The highest BCUT2D eigenvalue weighted by Gasteiger charge is 2.20. The molecule has 5 aromatic rings. The molecule has 0 atom stereocenters. The molecule has 0 aliphatic carbocycles. The van der Waals surface area contributed by atoms with Crippen LogP contribution in [0.15, 0.2) is 72.8 Å². The SMILES string of the molecule is COc1cc2c(cc1OC)CN(CCc1ccc(Nc3nc(-c4cc(OC)c(OC)c(OC)c4)nc4ccccc34)cc1)CC2. The lowest BCUT2D eigenvalue weighted by atomic mass is 9.98. The standard InChI is InChI=1S/C36H38N4O5/c1-41-30-18-24-15-17-40(22-26(24)21-31(30)42-2)16-14-23-10-12-27(13-11-23)37-36-28-8-6-7-9-29(28)38-35(39-36)25-19-32(43-3)34(45-5)33(20-25)44-4/h6-13,18-21H,14-17,22H2,1-5H3,(H,37,38,39). The van der Waals surface area contributed by atoms with Crippen LogP contribution in [0.3, 0.4) is 0 Å². The molecular formula is C36H38N4O5. The topological polar surface area (TPSA) is 87.2 Å². The van der Waals surface area contributed by atoms with Crippen molar-refractivity contribution in [2.75, 3.05) is 54.0 Å². The number of benzene rings is 4. The Bertz CT molecular complexity index is 1780. The van der Waals surface area contributed by atoms with Gasteiger partial charge in [0.2, 0.25) is 5.75 Å². The number of hydrogen-bond donors (Lipinski definition) is 1. The third-order valence-corrected chi connectivity index (χ3v) is 8.26. The molecule has 9 nitrogen and oxygen atoms in total. The van der Waals surface area contributed by atoms with Gasteiger partial charge in [-0.3, -0.25) is 4.90 Å². The van der Waals surface area contributed by atoms with Crippen LogP contribution in [0, 0.1) is 0 Å². The van der Waals surface area contributed by atoms with Gasteiger partial charge in [0.05, 0.1) is 41.1 Å². The van der Waals surface area contributed by atoms with Crippen LogP contribution in [-0.4, -0.2) is 63.5 Å². The Labute approximate surface area is 263 Å². The minimum absolute atomic E-state index is 0.522. The number of aromatic nitrogens is 2. The van der Waals surface area contributed by atoms with Crippen LogP contribution in [0.1, 0.15) is 16.7 Å². The smallest absolute Gasteiger partial charge is 0.203 e. The van der Waals surface area contributed by atoms with Gasteiger partial charge in [-0.1, -0.05) is 24.3 Å². The predicted octanol–water partition coefficient (Wildman–Crippen LogP) is 6.68. The van der Waals surface area contributed by atoms with E-state index >= 15 is 0 Å². The lowest BCUT2D eigenvalue weighted by molar-refractivity contribution is 0.255. The summed E-state index contributed by atoms with van der Waals surface area (Å²) >= 11 is 0. The van der Waals surface area contributed by atoms with Crippen molar-refractivity contribution in [1.82, 2.24) is 14.9 Å². The van der Waals surface area contributed by atoms with Crippen molar-refractivity contribution in [3.63, 3.8) is 0 Å². The average molecular weight is 607 g/mol. The minimum Gasteiger partial charge on any atom is -0.493 e. The summed E-state index contributed by atoms with van der Waals surface area (Å²) in [5.41, 5.74) is 6.46. The second-order valence-electron chi connectivity index (χ2n) is 10.9. The second kappa shape index (κ2) is 13.3. The number of fused-ring (bicyclic) bond motifs is 2. The lowest BCUT2D eigenvalue weighted by Crippen LogP contribution is -2.32. The molecule has 0 saturated carbocycles. The van der Waals surface area contributed by atoms with Gasteiger partial charge in [-0.05, 0) is 78.1 Å². The van der Waals surface area contributed by atoms with Crippen LogP contribution in [0.4, 0.5) is 11.5 Å². The number of nitrogens with one attached hydrogen (secondary N) is 1. The molecule has 1 N–H and O–H groups in total. The third kappa shape index (κ3) is 6.30. The Morgan fingerprint density at radius 3 is 2.04 bits per heavy atom. The fraction of sp³-hybridized carbons (Fsp3) is 0.278. The number of para-hydroxylation sites is 1. The molecular weight excluding hydrogens is 568 g/mol. The number of hydrogen-bond acceptors (Lipinski definition) is 9. The first kappa shape index (κ1) is 30.0. The van der Waals surface area contributed by atoms with Crippen molar-refractivity contribution in [2.45, 2.75) is 19.4 Å². The predicted molar refractivity (Wildman–Crippen MR) is 177 cm³/mol. The number of nitrogens with zero attached hydrogens (tertiary/aromatic N) is 3. The Kier molecular flexibility index (Phi) is 8.89. The summed E-state index contributed by atoms with van der Waals surface area (Å²) in [5.74, 6) is 4.46. The van der Waals surface area contributed by atoms with Crippen LogP contribution in [0.5, 0.6) is 28.7 Å². The molecule has 0 amide bonds. The molecule has 9 heteroatoms. The van der Waals surface area contributed by atoms with Crippen molar-refractivity contribution >= 4 is 22.4 Å². The van der Waals surface area contributed by atoms with Crippen molar-refractivity contribution in [1.29, 1.82) is 0 Å². The number of methoxy groups -OCH3 is 5. The van der Waals surface area contributed by atoms with Gasteiger partial charge in [0.25, 0.3) is 0 Å². The molecule has 0 unspecified atom stereocenters. The zero-order valence-corrected chi connectivity index (χ0v) is 26.3. The molecule has 0 bridgehead atoms. The van der Waals surface area contributed by atoms with Gasteiger partial charge < -0.3 is 29.0 Å².